The van der Waals surface area contributed by atoms with E-state index in [4.69, 9.17) is 11.6 Å². The Bertz CT molecular complexity index is 951. The highest BCUT2D eigenvalue weighted by molar-refractivity contribution is 6.34. The average molecular weight is 355 g/mol. The average Bonchev–Trinajstić information content (AvgIpc) is 2.99. The first kappa shape index (κ1) is 16.9. The predicted octanol–water partition coefficient (Wildman–Crippen LogP) is 3.68. The lowest BCUT2D eigenvalue weighted by Gasteiger charge is -2.09. The zero-order valence-electron chi connectivity index (χ0n) is 13.7. The highest BCUT2D eigenvalue weighted by atomic mass is 35.5. The number of hydrogen-bond donors (Lipinski definition) is 1. The van der Waals surface area contributed by atoms with Crippen molar-refractivity contribution in [1.29, 1.82) is 0 Å². The zero-order valence-corrected chi connectivity index (χ0v) is 14.4. The standard InChI is InChI=1S/C18H15ClN4O2/c1-11-14(10-21-23(11)17-5-3-4-8-20-17)18(25)22-16-9-13(12(2)24)6-7-15(16)19/h3-10H,1-2H3,(H,22,25). The molecule has 0 saturated heterocycles. The number of halogens is 1. The quantitative estimate of drug-likeness (QED) is 0.725. The van der Waals surface area contributed by atoms with Gasteiger partial charge in [0.2, 0.25) is 0 Å². The largest absolute Gasteiger partial charge is 0.321 e. The summed E-state index contributed by atoms with van der Waals surface area (Å²) in [5, 5.41) is 7.31. The molecule has 0 atom stereocenters. The summed E-state index contributed by atoms with van der Waals surface area (Å²) in [5.74, 6) is 0.157. The molecule has 0 aliphatic rings. The normalized spacial score (nSPS) is 10.5. The van der Waals surface area contributed by atoms with E-state index in [2.05, 4.69) is 15.4 Å². The Morgan fingerprint density at radius 2 is 2.00 bits per heavy atom. The maximum atomic E-state index is 12.6. The minimum absolute atomic E-state index is 0.105. The van der Waals surface area contributed by atoms with Gasteiger partial charge in [-0.3, -0.25) is 9.59 Å². The van der Waals surface area contributed by atoms with Crippen molar-refractivity contribution >= 4 is 29.0 Å². The first-order chi connectivity index (χ1) is 12.0. The van der Waals surface area contributed by atoms with Crippen LogP contribution in [0.25, 0.3) is 5.82 Å². The van der Waals surface area contributed by atoms with E-state index in [0.29, 0.717) is 33.3 Å². The summed E-state index contributed by atoms with van der Waals surface area (Å²) in [6.07, 6.45) is 3.13. The topological polar surface area (TPSA) is 76.9 Å². The Hall–Kier alpha value is -2.99. The summed E-state index contributed by atoms with van der Waals surface area (Å²) in [6.45, 7) is 3.24. The summed E-state index contributed by atoms with van der Waals surface area (Å²) >= 11 is 6.12. The van der Waals surface area contributed by atoms with Gasteiger partial charge in [-0.15, -0.1) is 0 Å². The smallest absolute Gasteiger partial charge is 0.259 e. The van der Waals surface area contributed by atoms with Crippen LogP contribution >= 0.6 is 11.6 Å². The highest BCUT2D eigenvalue weighted by Crippen LogP contribution is 2.24. The van der Waals surface area contributed by atoms with Gasteiger partial charge in [0.1, 0.15) is 0 Å². The van der Waals surface area contributed by atoms with Gasteiger partial charge in [0, 0.05) is 11.8 Å². The van der Waals surface area contributed by atoms with Crippen LogP contribution in [0.2, 0.25) is 5.02 Å². The maximum absolute atomic E-state index is 12.6. The van der Waals surface area contributed by atoms with Crippen LogP contribution in [0.15, 0.2) is 48.8 Å². The number of aromatic nitrogens is 3. The molecule has 0 saturated carbocycles. The first-order valence-corrected chi connectivity index (χ1v) is 7.93. The lowest BCUT2D eigenvalue weighted by Crippen LogP contribution is -2.14. The molecule has 0 aliphatic heterocycles. The highest BCUT2D eigenvalue weighted by Gasteiger charge is 2.17. The molecular formula is C18H15ClN4O2. The number of nitrogens with one attached hydrogen (secondary N) is 1. The van der Waals surface area contributed by atoms with Crippen molar-refractivity contribution in [3.63, 3.8) is 0 Å². The molecule has 0 bridgehead atoms. The number of amides is 1. The number of pyridine rings is 1. The van der Waals surface area contributed by atoms with Crippen LogP contribution in [0.1, 0.15) is 33.3 Å². The van der Waals surface area contributed by atoms with Gasteiger partial charge in [0.15, 0.2) is 11.6 Å². The molecule has 0 spiro atoms. The molecule has 0 unspecified atom stereocenters. The number of carbonyl (C=O) groups excluding carboxylic acids is 2. The maximum Gasteiger partial charge on any atom is 0.259 e. The molecule has 0 fully saturated rings. The second-order valence-corrected chi connectivity index (χ2v) is 5.86. The molecule has 3 aromatic rings. The Morgan fingerprint density at radius 1 is 1.20 bits per heavy atom. The van der Waals surface area contributed by atoms with Gasteiger partial charge < -0.3 is 5.32 Å². The Balaban J connectivity index is 1.89. The summed E-state index contributed by atoms with van der Waals surface area (Å²) in [7, 11) is 0. The van der Waals surface area contributed by atoms with E-state index in [1.807, 2.05) is 6.07 Å². The number of nitrogens with zero attached hydrogens (tertiary/aromatic N) is 3. The third kappa shape index (κ3) is 3.44. The fourth-order valence-corrected chi connectivity index (χ4v) is 2.54. The van der Waals surface area contributed by atoms with Gasteiger partial charge >= 0.3 is 0 Å². The molecule has 6 nitrogen and oxygen atoms in total. The van der Waals surface area contributed by atoms with Crippen molar-refractivity contribution in [2.24, 2.45) is 0 Å². The SMILES string of the molecule is CC(=O)c1ccc(Cl)c(NC(=O)c2cnn(-c3ccccn3)c2C)c1. The lowest BCUT2D eigenvalue weighted by atomic mass is 10.1. The van der Waals surface area contributed by atoms with Crippen molar-refractivity contribution in [2.45, 2.75) is 13.8 Å². The van der Waals surface area contributed by atoms with Crippen molar-refractivity contribution in [1.82, 2.24) is 14.8 Å². The van der Waals surface area contributed by atoms with Gasteiger partial charge in [-0.1, -0.05) is 17.7 Å². The second kappa shape index (κ2) is 6.86. The molecule has 126 valence electrons. The van der Waals surface area contributed by atoms with E-state index >= 15 is 0 Å². The number of carbonyl (C=O) groups is 2. The lowest BCUT2D eigenvalue weighted by molar-refractivity contribution is 0.101. The predicted molar refractivity (Wildman–Crippen MR) is 95.5 cm³/mol. The Morgan fingerprint density at radius 3 is 2.68 bits per heavy atom. The van der Waals surface area contributed by atoms with Gasteiger partial charge in [-0.25, -0.2) is 9.67 Å². The van der Waals surface area contributed by atoms with Crippen LogP contribution < -0.4 is 5.32 Å². The molecular weight excluding hydrogens is 340 g/mol. The van der Waals surface area contributed by atoms with Crippen molar-refractivity contribution in [2.75, 3.05) is 5.32 Å². The Kier molecular flexibility index (Phi) is 4.63. The fraction of sp³-hybridized carbons (Fsp3) is 0.111. The van der Waals surface area contributed by atoms with Crippen molar-refractivity contribution in [3.8, 4) is 5.82 Å². The van der Waals surface area contributed by atoms with Gasteiger partial charge in [0.25, 0.3) is 5.91 Å². The number of hydrogen-bond acceptors (Lipinski definition) is 4. The molecule has 1 N–H and O–H groups in total. The van der Waals surface area contributed by atoms with Crippen LogP contribution in [-0.4, -0.2) is 26.5 Å². The molecule has 1 amide bonds. The van der Waals surface area contributed by atoms with E-state index in [1.54, 1.807) is 48.1 Å². The molecule has 2 heterocycles. The molecule has 25 heavy (non-hydrogen) atoms. The summed E-state index contributed by atoms with van der Waals surface area (Å²) in [6, 6.07) is 10.2. The number of rotatable bonds is 4. The van der Waals surface area contributed by atoms with E-state index in [9.17, 15) is 9.59 Å². The number of benzene rings is 1. The number of ketones is 1. The number of anilines is 1. The minimum atomic E-state index is -0.359. The van der Waals surface area contributed by atoms with Crippen LogP contribution in [0.3, 0.4) is 0 Å². The van der Waals surface area contributed by atoms with Gasteiger partial charge in [-0.05, 0) is 44.2 Å². The van der Waals surface area contributed by atoms with Crippen molar-refractivity contribution in [3.05, 3.63) is 70.6 Å². The number of Topliss-reactive ketones (excluding diaryl/α,β-unsaturated/α-hetero) is 1. The third-order valence-corrected chi connectivity index (χ3v) is 4.07. The summed E-state index contributed by atoms with van der Waals surface area (Å²) < 4.78 is 1.59. The van der Waals surface area contributed by atoms with E-state index in [-0.39, 0.29) is 11.7 Å². The first-order valence-electron chi connectivity index (χ1n) is 7.55. The van der Waals surface area contributed by atoms with E-state index in [1.165, 1.54) is 13.1 Å². The summed E-state index contributed by atoms with van der Waals surface area (Å²) in [5.41, 5.74) is 1.90. The second-order valence-electron chi connectivity index (χ2n) is 5.45. The molecule has 0 aliphatic carbocycles. The zero-order chi connectivity index (χ0) is 18.0. The van der Waals surface area contributed by atoms with E-state index < -0.39 is 0 Å². The van der Waals surface area contributed by atoms with Crippen LogP contribution in [0.5, 0.6) is 0 Å². The summed E-state index contributed by atoms with van der Waals surface area (Å²) in [4.78, 5) is 28.3. The van der Waals surface area contributed by atoms with E-state index in [0.717, 1.165) is 0 Å². The van der Waals surface area contributed by atoms with Crippen LogP contribution in [0.4, 0.5) is 5.69 Å². The third-order valence-electron chi connectivity index (χ3n) is 3.74. The molecule has 2 aromatic heterocycles. The molecule has 3 rings (SSSR count). The van der Waals surface area contributed by atoms with Crippen molar-refractivity contribution < 1.29 is 9.59 Å². The van der Waals surface area contributed by atoms with Crippen LogP contribution in [0, 0.1) is 6.92 Å². The van der Waals surface area contributed by atoms with Gasteiger partial charge in [-0.2, -0.15) is 5.10 Å². The fourth-order valence-electron chi connectivity index (χ4n) is 2.37. The minimum Gasteiger partial charge on any atom is -0.321 e. The molecule has 1 aromatic carbocycles. The monoisotopic (exact) mass is 354 g/mol. The Labute approximate surface area is 149 Å². The van der Waals surface area contributed by atoms with Gasteiger partial charge in [0.05, 0.1) is 28.2 Å². The molecule has 7 heteroatoms. The molecule has 0 radical (unpaired) electrons. The van der Waals surface area contributed by atoms with Crippen LogP contribution in [-0.2, 0) is 0 Å².